The van der Waals surface area contributed by atoms with E-state index in [1.165, 1.54) is 4.90 Å². The lowest BCUT2D eigenvalue weighted by atomic mass is 9.93. The average molecular weight is 363 g/mol. The normalized spacial score (nSPS) is 20.4. The molecule has 2 rings (SSSR count). The van der Waals surface area contributed by atoms with Gasteiger partial charge in [0.05, 0.1) is 11.7 Å². The first kappa shape index (κ1) is 13.6. The number of halogens is 1. The highest BCUT2D eigenvalue weighted by molar-refractivity contribution is 14.1. The SMILES string of the molecule is CC(C)(C)c1[nH]c([C@@H]2CCCN2C(=O)O)nc1I. The third-order valence-corrected chi connectivity index (χ3v) is 4.02. The molecule has 1 saturated heterocycles. The molecule has 1 atom stereocenters. The molecule has 0 radical (unpaired) electrons. The van der Waals surface area contributed by atoms with Gasteiger partial charge in [-0.25, -0.2) is 9.78 Å². The zero-order valence-corrected chi connectivity index (χ0v) is 13.0. The number of likely N-dealkylation sites (tertiary alicyclic amines) is 1. The fraction of sp³-hybridized carbons (Fsp3) is 0.667. The highest BCUT2D eigenvalue weighted by atomic mass is 127. The maximum atomic E-state index is 11.2. The minimum Gasteiger partial charge on any atom is -0.465 e. The topological polar surface area (TPSA) is 69.2 Å². The molecule has 5 nitrogen and oxygen atoms in total. The van der Waals surface area contributed by atoms with Crippen LogP contribution in [0.1, 0.15) is 51.2 Å². The second kappa shape index (κ2) is 4.71. The van der Waals surface area contributed by atoms with Gasteiger partial charge < -0.3 is 10.1 Å². The van der Waals surface area contributed by atoms with Gasteiger partial charge in [-0.15, -0.1) is 0 Å². The van der Waals surface area contributed by atoms with Gasteiger partial charge in [0.1, 0.15) is 9.53 Å². The van der Waals surface area contributed by atoms with Crippen LogP contribution in [0, 0.1) is 3.70 Å². The van der Waals surface area contributed by atoms with E-state index < -0.39 is 6.09 Å². The van der Waals surface area contributed by atoms with Gasteiger partial charge in [-0.3, -0.25) is 4.90 Å². The van der Waals surface area contributed by atoms with Crippen molar-refractivity contribution in [1.29, 1.82) is 0 Å². The molecule has 1 aromatic heterocycles. The summed E-state index contributed by atoms with van der Waals surface area (Å²) >= 11 is 2.21. The summed E-state index contributed by atoms with van der Waals surface area (Å²) in [5.74, 6) is 0.782. The van der Waals surface area contributed by atoms with Crippen molar-refractivity contribution in [2.45, 2.75) is 45.1 Å². The Balaban J connectivity index is 2.32. The van der Waals surface area contributed by atoms with Crippen molar-refractivity contribution >= 4 is 28.7 Å². The molecule has 1 aliphatic heterocycles. The highest BCUT2D eigenvalue weighted by Crippen LogP contribution is 2.33. The van der Waals surface area contributed by atoms with Crippen molar-refractivity contribution in [2.24, 2.45) is 0 Å². The number of H-pyrrole nitrogens is 1. The highest BCUT2D eigenvalue weighted by Gasteiger charge is 2.33. The molecule has 100 valence electrons. The number of aromatic nitrogens is 2. The number of carboxylic acid groups (broad SMARTS) is 1. The van der Waals surface area contributed by atoms with E-state index in [2.05, 4.69) is 53.3 Å². The van der Waals surface area contributed by atoms with Gasteiger partial charge in [0.15, 0.2) is 0 Å². The first-order valence-electron chi connectivity index (χ1n) is 6.06. The van der Waals surface area contributed by atoms with Crippen molar-refractivity contribution in [2.75, 3.05) is 6.54 Å². The lowest BCUT2D eigenvalue weighted by Crippen LogP contribution is -2.29. The molecule has 18 heavy (non-hydrogen) atoms. The Morgan fingerprint density at radius 3 is 2.72 bits per heavy atom. The molecule has 0 aromatic carbocycles. The molecule has 1 amide bonds. The average Bonchev–Trinajstić information content (AvgIpc) is 2.80. The molecule has 0 unspecified atom stereocenters. The number of nitrogens with one attached hydrogen (secondary N) is 1. The molecule has 0 bridgehead atoms. The summed E-state index contributed by atoms with van der Waals surface area (Å²) in [6, 6.07) is -0.118. The number of aromatic amines is 1. The van der Waals surface area contributed by atoms with Crippen LogP contribution in [0.3, 0.4) is 0 Å². The summed E-state index contributed by atoms with van der Waals surface area (Å²) in [7, 11) is 0. The maximum absolute atomic E-state index is 11.2. The molecular formula is C12H18IN3O2. The summed E-state index contributed by atoms with van der Waals surface area (Å²) in [5.41, 5.74) is 1.07. The molecule has 1 aromatic rings. The van der Waals surface area contributed by atoms with Gasteiger partial charge >= 0.3 is 6.09 Å². The Kier molecular flexibility index (Phi) is 3.57. The third-order valence-electron chi connectivity index (χ3n) is 3.24. The van der Waals surface area contributed by atoms with Gasteiger partial charge in [0, 0.05) is 12.0 Å². The lowest BCUT2D eigenvalue weighted by molar-refractivity contribution is 0.138. The molecule has 1 fully saturated rings. The predicted octanol–water partition coefficient (Wildman–Crippen LogP) is 3.13. The van der Waals surface area contributed by atoms with E-state index in [-0.39, 0.29) is 11.5 Å². The fourth-order valence-electron chi connectivity index (χ4n) is 2.30. The van der Waals surface area contributed by atoms with Crippen LogP contribution in [0.15, 0.2) is 0 Å². The monoisotopic (exact) mass is 363 g/mol. The van der Waals surface area contributed by atoms with Crippen LogP contribution < -0.4 is 0 Å². The Morgan fingerprint density at radius 1 is 1.56 bits per heavy atom. The minimum atomic E-state index is -0.860. The van der Waals surface area contributed by atoms with E-state index in [9.17, 15) is 4.79 Å². The second-order valence-corrected chi connectivity index (χ2v) is 6.69. The second-order valence-electron chi connectivity index (χ2n) is 5.67. The molecule has 2 N–H and O–H groups in total. The van der Waals surface area contributed by atoms with E-state index in [1.54, 1.807) is 0 Å². The van der Waals surface area contributed by atoms with Crippen molar-refractivity contribution in [3.63, 3.8) is 0 Å². The zero-order chi connectivity index (χ0) is 13.5. The number of imidazole rings is 1. The summed E-state index contributed by atoms with van der Waals surface area (Å²) in [5, 5.41) is 9.16. The Labute approximate surface area is 120 Å². The van der Waals surface area contributed by atoms with E-state index >= 15 is 0 Å². The van der Waals surface area contributed by atoms with Crippen LogP contribution in [0.5, 0.6) is 0 Å². The van der Waals surface area contributed by atoms with E-state index in [1.807, 2.05) is 0 Å². The molecule has 0 aliphatic carbocycles. The number of hydrogen-bond acceptors (Lipinski definition) is 2. The molecule has 2 heterocycles. The van der Waals surface area contributed by atoms with Crippen LogP contribution in [0.25, 0.3) is 0 Å². The van der Waals surface area contributed by atoms with Crippen LogP contribution in [0.4, 0.5) is 4.79 Å². The summed E-state index contributed by atoms with van der Waals surface area (Å²) < 4.78 is 0.937. The summed E-state index contributed by atoms with van der Waals surface area (Å²) in [4.78, 5) is 20.5. The smallest absolute Gasteiger partial charge is 0.407 e. The number of hydrogen-bond donors (Lipinski definition) is 2. The van der Waals surface area contributed by atoms with Gasteiger partial charge in [-0.1, -0.05) is 20.8 Å². The van der Waals surface area contributed by atoms with Crippen molar-refractivity contribution in [3.05, 3.63) is 15.2 Å². The van der Waals surface area contributed by atoms with Crippen LogP contribution in [-0.4, -0.2) is 32.6 Å². The van der Waals surface area contributed by atoms with E-state index in [0.717, 1.165) is 28.1 Å². The quantitative estimate of drug-likeness (QED) is 0.754. The fourth-order valence-corrected chi connectivity index (χ4v) is 3.51. The van der Waals surface area contributed by atoms with Gasteiger partial charge in [0.2, 0.25) is 0 Å². The van der Waals surface area contributed by atoms with Crippen LogP contribution >= 0.6 is 22.6 Å². The summed E-state index contributed by atoms with van der Waals surface area (Å²) in [6.07, 6.45) is 0.889. The predicted molar refractivity (Wildman–Crippen MR) is 76.7 cm³/mol. The Morgan fingerprint density at radius 2 is 2.22 bits per heavy atom. The number of carbonyl (C=O) groups is 1. The van der Waals surface area contributed by atoms with Gasteiger partial charge in [-0.05, 0) is 35.4 Å². The zero-order valence-electron chi connectivity index (χ0n) is 10.8. The van der Waals surface area contributed by atoms with Crippen LogP contribution in [-0.2, 0) is 5.41 Å². The maximum Gasteiger partial charge on any atom is 0.407 e. The molecule has 0 saturated carbocycles. The standard InChI is InChI=1S/C12H18IN3O2/c1-12(2,3)8-9(13)15-10(14-8)7-5-4-6-16(7)11(17)18/h7H,4-6H2,1-3H3,(H,14,15)(H,17,18)/t7-/m0/s1. The van der Waals surface area contributed by atoms with Crippen molar-refractivity contribution in [1.82, 2.24) is 14.9 Å². The van der Waals surface area contributed by atoms with Gasteiger partial charge in [-0.2, -0.15) is 0 Å². The first-order valence-corrected chi connectivity index (χ1v) is 7.14. The van der Waals surface area contributed by atoms with Crippen LogP contribution in [0.2, 0.25) is 0 Å². The van der Waals surface area contributed by atoms with E-state index in [0.29, 0.717) is 6.54 Å². The number of rotatable bonds is 1. The molecule has 1 aliphatic rings. The molecule has 6 heteroatoms. The van der Waals surface area contributed by atoms with Crippen molar-refractivity contribution < 1.29 is 9.90 Å². The Hall–Kier alpha value is -0.790. The van der Waals surface area contributed by atoms with E-state index in [4.69, 9.17) is 5.11 Å². The molecular weight excluding hydrogens is 345 g/mol. The first-order chi connectivity index (χ1) is 8.30. The third kappa shape index (κ3) is 2.48. The lowest BCUT2D eigenvalue weighted by Gasteiger charge is -2.20. The summed E-state index contributed by atoms with van der Waals surface area (Å²) in [6.45, 7) is 6.96. The van der Waals surface area contributed by atoms with Crippen molar-refractivity contribution in [3.8, 4) is 0 Å². The van der Waals surface area contributed by atoms with Gasteiger partial charge in [0.25, 0.3) is 0 Å². The number of amides is 1. The largest absolute Gasteiger partial charge is 0.465 e. The molecule has 0 spiro atoms. The number of nitrogens with zero attached hydrogens (tertiary/aromatic N) is 2. The Bertz CT molecular complexity index is 464. The minimum absolute atomic E-state index is 0.00552.